The van der Waals surface area contributed by atoms with Gasteiger partial charge in [0.1, 0.15) is 11.8 Å². The second kappa shape index (κ2) is 12.2. The molecule has 38 heavy (non-hydrogen) atoms. The quantitative estimate of drug-likeness (QED) is 0.257. The van der Waals surface area contributed by atoms with Crippen molar-refractivity contribution in [2.75, 3.05) is 7.11 Å². The van der Waals surface area contributed by atoms with Crippen molar-refractivity contribution < 1.29 is 19.1 Å². The van der Waals surface area contributed by atoms with Crippen LogP contribution in [0, 0.1) is 11.8 Å². The number of benzene rings is 3. The lowest BCUT2D eigenvalue weighted by atomic mass is 10.0. The van der Waals surface area contributed by atoms with E-state index in [1.807, 2.05) is 80.7 Å². The third-order valence-electron chi connectivity index (χ3n) is 6.14. The molecule has 1 atom stereocenters. The first-order valence-corrected chi connectivity index (χ1v) is 12.7. The van der Waals surface area contributed by atoms with Crippen LogP contribution in [0.4, 0.5) is 0 Å². The van der Waals surface area contributed by atoms with Crippen LogP contribution < -0.4 is 10.1 Å². The summed E-state index contributed by atoms with van der Waals surface area (Å²) in [6, 6.07) is 22.0. The first-order valence-electron chi connectivity index (χ1n) is 12.7. The number of rotatable bonds is 8. The highest BCUT2D eigenvalue weighted by molar-refractivity contribution is 5.99. The predicted octanol–water partition coefficient (Wildman–Crippen LogP) is 5.36. The van der Waals surface area contributed by atoms with Crippen molar-refractivity contribution >= 4 is 22.8 Å². The van der Waals surface area contributed by atoms with E-state index in [-0.39, 0.29) is 6.10 Å². The average Bonchev–Trinajstić information content (AvgIpc) is 3.29. The van der Waals surface area contributed by atoms with Gasteiger partial charge in [-0.2, -0.15) is 0 Å². The molecule has 0 saturated carbocycles. The minimum absolute atomic E-state index is 0.139. The first kappa shape index (κ1) is 26.6. The normalized spacial score (nSPS) is 11.5. The van der Waals surface area contributed by atoms with E-state index in [2.05, 4.69) is 28.6 Å². The van der Waals surface area contributed by atoms with E-state index < -0.39 is 17.9 Å². The Hall–Kier alpha value is -4.50. The minimum atomic E-state index is -0.880. The third kappa shape index (κ3) is 6.24. The Morgan fingerprint density at radius 3 is 2.37 bits per heavy atom. The summed E-state index contributed by atoms with van der Waals surface area (Å²) in [5.74, 6) is 5.70. The van der Waals surface area contributed by atoms with Gasteiger partial charge in [-0.3, -0.25) is 4.79 Å². The van der Waals surface area contributed by atoms with Crippen molar-refractivity contribution in [3.8, 4) is 17.6 Å². The Morgan fingerprint density at radius 2 is 1.66 bits per heavy atom. The Labute approximate surface area is 223 Å². The number of para-hydroxylation sites is 1. The number of esters is 1. The van der Waals surface area contributed by atoms with Crippen LogP contribution >= 0.6 is 0 Å². The molecule has 0 fully saturated rings. The zero-order valence-corrected chi connectivity index (χ0v) is 22.2. The molecule has 1 N–H and O–H groups in total. The number of hydrogen-bond acceptors (Lipinski definition) is 4. The highest BCUT2D eigenvalue weighted by Gasteiger charge is 2.26. The molecule has 6 heteroatoms. The topological polar surface area (TPSA) is 69.6 Å². The van der Waals surface area contributed by atoms with Crippen molar-refractivity contribution in [1.82, 2.24) is 9.88 Å². The Kier molecular flexibility index (Phi) is 8.50. The van der Waals surface area contributed by atoms with Gasteiger partial charge in [0.05, 0.1) is 18.8 Å². The number of carbonyl (C=O) groups is 2. The fourth-order valence-electron chi connectivity index (χ4n) is 4.35. The van der Waals surface area contributed by atoms with Gasteiger partial charge in [0.25, 0.3) is 5.91 Å². The van der Waals surface area contributed by atoms with Gasteiger partial charge in [-0.25, -0.2) is 4.79 Å². The van der Waals surface area contributed by atoms with Crippen LogP contribution in [0.1, 0.15) is 47.8 Å². The summed E-state index contributed by atoms with van der Waals surface area (Å²) < 4.78 is 13.1. The van der Waals surface area contributed by atoms with E-state index in [1.54, 1.807) is 12.1 Å². The molecular weight excluding hydrogens is 476 g/mol. The van der Waals surface area contributed by atoms with Gasteiger partial charge >= 0.3 is 5.97 Å². The second-order valence-corrected chi connectivity index (χ2v) is 9.20. The lowest BCUT2D eigenvalue weighted by molar-refractivity contribution is -0.142. The van der Waals surface area contributed by atoms with Gasteiger partial charge < -0.3 is 19.4 Å². The van der Waals surface area contributed by atoms with Crippen LogP contribution in [0.3, 0.4) is 0 Å². The lowest BCUT2D eigenvalue weighted by Crippen LogP contribution is -2.43. The zero-order chi connectivity index (χ0) is 27.1. The van der Waals surface area contributed by atoms with E-state index in [1.165, 1.54) is 7.11 Å². The molecule has 0 aliphatic heterocycles. The monoisotopic (exact) mass is 508 g/mol. The summed E-state index contributed by atoms with van der Waals surface area (Å²) in [7, 11) is 1.32. The van der Waals surface area contributed by atoms with Gasteiger partial charge in [0, 0.05) is 41.2 Å². The fourth-order valence-corrected chi connectivity index (χ4v) is 4.35. The van der Waals surface area contributed by atoms with Gasteiger partial charge in [0.15, 0.2) is 0 Å². The number of fused-ring (bicyclic) bond motifs is 1. The smallest absolute Gasteiger partial charge is 0.328 e. The van der Waals surface area contributed by atoms with Gasteiger partial charge in [-0.05, 0) is 62.7 Å². The predicted molar refractivity (Wildman–Crippen MR) is 149 cm³/mol. The van der Waals surface area contributed by atoms with E-state index in [9.17, 15) is 9.59 Å². The third-order valence-corrected chi connectivity index (χ3v) is 6.14. The number of aromatic nitrogens is 1. The molecule has 6 nitrogen and oxygen atoms in total. The fraction of sp³-hybridized carbons (Fsp3) is 0.250. The van der Waals surface area contributed by atoms with Crippen LogP contribution in [0.25, 0.3) is 10.9 Å². The number of hydrogen-bond donors (Lipinski definition) is 1. The molecule has 0 spiro atoms. The second-order valence-electron chi connectivity index (χ2n) is 9.20. The van der Waals surface area contributed by atoms with Crippen molar-refractivity contribution in [1.29, 1.82) is 0 Å². The maximum atomic E-state index is 13.6. The highest BCUT2D eigenvalue weighted by atomic mass is 16.5. The Morgan fingerprint density at radius 1 is 0.947 bits per heavy atom. The van der Waals surface area contributed by atoms with Crippen molar-refractivity contribution in [2.45, 2.75) is 45.9 Å². The number of amides is 1. The SMILES string of the molecule is CCn1cc(C[C@@H](NC(=O)c2cc(C#Cc3ccccc3)ccc2OC(C)C)C(=O)OC)c2ccccc21. The van der Waals surface area contributed by atoms with E-state index in [0.29, 0.717) is 23.3 Å². The van der Waals surface area contributed by atoms with E-state index >= 15 is 0 Å². The average molecular weight is 509 g/mol. The van der Waals surface area contributed by atoms with Crippen LogP contribution in [0.2, 0.25) is 0 Å². The minimum Gasteiger partial charge on any atom is -0.490 e. The van der Waals surface area contributed by atoms with Crippen molar-refractivity contribution in [3.05, 3.63) is 101 Å². The molecule has 0 unspecified atom stereocenters. The summed E-state index contributed by atoms with van der Waals surface area (Å²) in [5.41, 5.74) is 3.88. The molecule has 0 saturated heterocycles. The number of ether oxygens (including phenoxy) is 2. The molecule has 4 rings (SSSR count). The zero-order valence-electron chi connectivity index (χ0n) is 22.2. The number of carbonyl (C=O) groups excluding carboxylic acids is 2. The molecule has 0 bridgehead atoms. The summed E-state index contributed by atoms with van der Waals surface area (Å²) >= 11 is 0. The van der Waals surface area contributed by atoms with Crippen LogP contribution in [0.15, 0.2) is 79.0 Å². The van der Waals surface area contributed by atoms with Crippen LogP contribution in [0.5, 0.6) is 5.75 Å². The summed E-state index contributed by atoms with van der Waals surface area (Å²) in [6.07, 6.45) is 2.18. The van der Waals surface area contributed by atoms with E-state index in [4.69, 9.17) is 9.47 Å². The molecule has 1 heterocycles. The van der Waals surface area contributed by atoms with Gasteiger partial charge in [-0.15, -0.1) is 0 Å². The van der Waals surface area contributed by atoms with Gasteiger partial charge in [-0.1, -0.05) is 48.2 Å². The van der Waals surface area contributed by atoms with Gasteiger partial charge in [0.2, 0.25) is 0 Å². The molecule has 3 aromatic carbocycles. The van der Waals surface area contributed by atoms with Crippen molar-refractivity contribution in [2.24, 2.45) is 0 Å². The number of methoxy groups -OCH3 is 1. The maximum absolute atomic E-state index is 13.6. The molecule has 4 aromatic rings. The summed E-state index contributed by atoms with van der Waals surface area (Å²) in [5, 5.41) is 3.93. The molecular formula is C32H32N2O4. The number of nitrogens with zero attached hydrogens (tertiary/aromatic N) is 1. The standard InChI is InChI=1S/C32H32N2O4/c1-5-34-21-25(26-13-9-10-14-29(26)34)20-28(32(36)37-4)33-31(35)27-19-24(17-18-30(27)38-22(2)3)16-15-23-11-7-6-8-12-23/h6-14,17-19,21-22,28H,5,20H2,1-4H3,(H,33,35)/t28-/m1/s1. The number of aryl methyl sites for hydroxylation is 1. The summed E-state index contributed by atoms with van der Waals surface area (Å²) in [4.78, 5) is 26.4. The highest BCUT2D eigenvalue weighted by Crippen LogP contribution is 2.25. The first-order chi connectivity index (χ1) is 18.4. The van der Waals surface area contributed by atoms with Crippen LogP contribution in [-0.2, 0) is 22.5 Å². The maximum Gasteiger partial charge on any atom is 0.328 e. The molecule has 1 aromatic heterocycles. The van der Waals surface area contributed by atoms with Crippen LogP contribution in [-0.4, -0.2) is 35.7 Å². The van der Waals surface area contributed by atoms with E-state index in [0.717, 1.165) is 28.6 Å². The largest absolute Gasteiger partial charge is 0.490 e. The molecule has 0 aliphatic rings. The molecule has 0 radical (unpaired) electrons. The summed E-state index contributed by atoms with van der Waals surface area (Å²) in [6.45, 7) is 6.65. The van der Waals surface area contributed by atoms with Crippen molar-refractivity contribution in [3.63, 3.8) is 0 Å². The number of nitrogens with one attached hydrogen (secondary N) is 1. The Balaban J connectivity index is 1.65. The molecule has 0 aliphatic carbocycles. The lowest BCUT2D eigenvalue weighted by Gasteiger charge is -2.19. The Bertz CT molecular complexity index is 1490. The molecule has 1 amide bonds. The molecule has 194 valence electrons.